The maximum absolute atomic E-state index is 13.4. The van der Waals surface area contributed by atoms with Gasteiger partial charge >= 0.3 is 6.03 Å². The van der Waals surface area contributed by atoms with E-state index in [4.69, 9.17) is 0 Å². The summed E-state index contributed by atoms with van der Waals surface area (Å²) < 4.78 is 64.4. The van der Waals surface area contributed by atoms with E-state index in [1.165, 1.54) is 33.1 Å². The normalized spacial score (nSPS) is 20.6. The third kappa shape index (κ3) is 5.24. The van der Waals surface area contributed by atoms with Gasteiger partial charge in [0.05, 0.1) is 11.2 Å². The lowest BCUT2D eigenvalue weighted by Crippen LogP contribution is -2.55. The van der Waals surface area contributed by atoms with E-state index in [9.17, 15) is 26.0 Å². The van der Waals surface area contributed by atoms with Crippen molar-refractivity contribution in [3.63, 3.8) is 0 Å². The first-order valence-electron chi connectivity index (χ1n) is 9.33. The monoisotopic (exact) mass is 448 g/mol. The number of benzene rings is 1. The van der Waals surface area contributed by atoms with Crippen LogP contribution in [0.25, 0.3) is 0 Å². The summed E-state index contributed by atoms with van der Waals surface area (Å²) in [6.45, 7) is 1.43. The molecule has 0 bridgehead atoms. The summed E-state index contributed by atoms with van der Waals surface area (Å²) >= 11 is 0. The highest BCUT2D eigenvalue weighted by molar-refractivity contribution is 7.89. The van der Waals surface area contributed by atoms with Crippen molar-refractivity contribution in [2.24, 2.45) is 0 Å². The summed E-state index contributed by atoms with van der Waals surface area (Å²) in [7, 11) is -7.03. The van der Waals surface area contributed by atoms with Crippen LogP contribution in [-0.4, -0.2) is 87.9 Å². The Morgan fingerprint density at radius 3 is 2.17 bits per heavy atom. The fourth-order valence-corrected chi connectivity index (χ4v) is 5.83. The standard InChI is InChI=1S/C17H25FN4O5S2/c1-28(24,25)21-7-5-15(6-8-21)19-17(23)20-9-11-22(12-10-20)29(26,27)16-4-2-3-14(18)13-16/h2-4,13,15H,5-12H2,1H3,(H,19,23). The number of nitrogens with one attached hydrogen (secondary N) is 1. The Morgan fingerprint density at radius 1 is 1.00 bits per heavy atom. The molecule has 0 saturated carbocycles. The van der Waals surface area contributed by atoms with Crippen molar-refractivity contribution in [2.75, 3.05) is 45.5 Å². The van der Waals surface area contributed by atoms with Crippen molar-refractivity contribution in [1.29, 1.82) is 0 Å². The Morgan fingerprint density at radius 2 is 1.62 bits per heavy atom. The van der Waals surface area contributed by atoms with E-state index >= 15 is 0 Å². The number of piperidine rings is 1. The van der Waals surface area contributed by atoms with Gasteiger partial charge in [-0.05, 0) is 31.0 Å². The molecule has 0 atom stereocenters. The van der Waals surface area contributed by atoms with Crippen molar-refractivity contribution in [2.45, 2.75) is 23.8 Å². The highest BCUT2D eigenvalue weighted by atomic mass is 32.2. The zero-order chi connectivity index (χ0) is 21.2. The Hall–Kier alpha value is -1.76. The molecule has 0 spiro atoms. The number of halogens is 1. The minimum absolute atomic E-state index is 0.104. The molecule has 1 N–H and O–H groups in total. The van der Waals surface area contributed by atoms with Crippen molar-refractivity contribution in [1.82, 2.24) is 18.8 Å². The van der Waals surface area contributed by atoms with Crippen LogP contribution < -0.4 is 5.32 Å². The molecule has 2 saturated heterocycles. The SMILES string of the molecule is CS(=O)(=O)N1CCC(NC(=O)N2CCN(S(=O)(=O)c3cccc(F)c3)CC2)CC1. The van der Waals surface area contributed by atoms with Crippen molar-refractivity contribution in [3.8, 4) is 0 Å². The lowest BCUT2D eigenvalue weighted by molar-refractivity contribution is 0.164. The van der Waals surface area contributed by atoms with Crippen LogP contribution in [0.1, 0.15) is 12.8 Å². The smallest absolute Gasteiger partial charge is 0.317 e. The fraction of sp³-hybridized carbons (Fsp3) is 0.588. The molecule has 12 heteroatoms. The van der Waals surface area contributed by atoms with Crippen LogP contribution in [0, 0.1) is 5.82 Å². The zero-order valence-corrected chi connectivity index (χ0v) is 17.8. The van der Waals surface area contributed by atoms with E-state index < -0.39 is 25.9 Å². The number of carbonyl (C=O) groups excluding carboxylic acids is 1. The molecule has 0 unspecified atom stereocenters. The molecule has 1 aromatic rings. The van der Waals surface area contributed by atoms with E-state index in [0.717, 1.165) is 6.07 Å². The van der Waals surface area contributed by atoms with Crippen LogP contribution in [0.2, 0.25) is 0 Å². The summed E-state index contributed by atoms with van der Waals surface area (Å²) in [4.78, 5) is 13.9. The van der Waals surface area contributed by atoms with Crippen LogP contribution in [-0.2, 0) is 20.0 Å². The molecule has 2 aliphatic heterocycles. The predicted molar refractivity (Wildman–Crippen MR) is 105 cm³/mol. The highest BCUT2D eigenvalue weighted by Gasteiger charge is 2.32. The quantitative estimate of drug-likeness (QED) is 0.711. The molecule has 1 aromatic carbocycles. The van der Waals surface area contributed by atoms with Gasteiger partial charge in [0.25, 0.3) is 0 Å². The van der Waals surface area contributed by atoms with Crippen LogP contribution in [0.15, 0.2) is 29.2 Å². The fourth-order valence-electron chi connectivity index (χ4n) is 3.51. The third-order valence-corrected chi connectivity index (χ3v) is 8.41. The lowest BCUT2D eigenvalue weighted by atomic mass is 10.1. The van der Waals surface area contributed by atoms with Gasteiger partial charge in [-0.3, -0.25) is 0 Å². The van der Waals surface area contributed by atoms with Gasteiger partial charge in [0.1, 0.15) is 5.82 Å². The summed E-state index contributed by atoms with van der Waals surface area (Å²) in [6.07, 6.45) is 2.24. The Bertz CT molecular complexity index is 954. The molecule has 0 radical (unpaired) electrons. The molecule has 2 aliphatic rings. The number of sulfonamides is 2. The van der Waals surface area contributed by atoms with E-state index in [2.05, 4.69) is 5.32 Å². The molecule has 29 heavy (non-hydrogen) atoms. The molecule has 162 valence electrons. The van der Waals surface area contributed by atoms with Gasteiger partial charge in [-0.25, -0.2) is 30.3 Å². The number of hydrogen-bond acceptors (Lipinski definition) is 5. The van der Waals surface area contributed by atoms with Crippen LogP contribution in [0.5, 0.6) is 0 Å². The highest BCUT2D eigenvalue weighted by Crippen LogP contribution is 2.19. The number of rotatable bonds is 4. The molecular weight excluding hydrogens is 423 g/mol. The Balaban J connectivity index is 1.51. The third-order valence-electron chi connectivity index (χ3n) is 5.21. The first kappa shape index (κ1) is 21.9. The largest absolute Gasteiger partial charge is 0.335 e. The maximum atomic E-state index is 13.4. The molecule has 3 rings (SSSR count). The molecule has 9 nitrogen and oxygen atoms in total. The second-order valence-corrected chi connectivity index (χ2v) is 11.2. The molecule has 0 aromatic heterocycles. The summed E-state index contributed by atoms with van der Waals surface area (Å²) in [6, 6.07) is 4.46. The number of urea groups is 1. The van der Waals surface area contributed by atoms with Crippen LogP contribution >= 0.6 is 0 Å². The van der Waals surface area contributed by atoms with E-state index in [1.807, 2.05) is 0 Å². The first-order valence-corrected chi connectivity index (χ1v) is 12.6. The van der Waals surface area contributed by atoms with Gasteiger partial charge in [0.2, 0.25) is 20.0 Å². The average molecular weight is 449 g/mol. The number of nitrogens with zero attached hydrogens (tertiary/aromatic N) is 3. The summed E-state index contributed by atoms with van der Waals surface area (Å²) in [5.74, 6) is -0.619. The van der Waals surface area contributed by atoms with Gasteiger partial charge < -0.3 is 10.2 Å². The van der Waals surface area contributed by atoms with Crippen molar-refractivity contribution >= 4 is 26.1 Å². The molecular formula is C17H25FN4O5S2. The van der Waals surface area contributed by atoms with Crippen LogP contribution in [0.4, 0.5) is 9.18 Å². The van der Waals surface area contributed by atoms with E-state index in [-0.39, 0.29) is 43.1 Å². The number of piperazine rings is 1. The maximum Gasteiger partial charge on any atom is 0.317 e. The second kappa shape index (κ2) is 8.54. The topological polar surface area (TPSA) is 107 Å². The molecule has 2 amide bonds. The van der Waals surface area contributed by atoms with Gasteiger partial charge in [-0.15, -0.1) is 0 Å². The number of amides is 2. The lowest BCUT2D eigenvalue weighted by Gasteiger charge is -2.36. The van der Waals surface area contributed by atoms with E-state index in [0.29, 0.717) is 25.9 Å². The number of carbonyl (C=O) groups is 1. The van der Waals surface area contributed by atoms with E-state index in [1.54, 1.807) is 4.90 Å². The second-order valence-electron chi connectivity index (χ2n) is 7.23. The van der Waals surface area contributed by atoms with Gasteiger partial charge in [-0.2, -0.15) is 4.31 Å². The molecule has 0 aliphatic carbocycles. The zero-order valence-electron chi connectivity index (χ0n) is 16.1. The van der Waals surface area contributed by atoms with Gasteiger partial charge in [-0.1, -0.05) is 6.07 Å². The minimum Gasteiger partial charge on any atom is -0.335 e. The number of hydrogen-bond donors (Lipinski definition) is 1. The molecule has 2 fully saturated rings. The average Bonchev–Trinajstić information content (AvgIpc) is 2.68. The molecule has 2 heterocycles. The van der Waals surface area contributed by atoms with Crippen molar-refractivity contribution < 1.29 is 26.0 Å². The Kier molecular flexibility index (Phi) is 6.46. The van der Waals surface area contributed by atoms with Crippen molar-refractivity contribution in [3.05, 3.63) is 30.1 Å². The van der Waals surface area contributed by atoms with Gasteiger partial charge in [0.15, 0.2) is 0 Å². The minimum atomic E-state index is -3.81. The van der Waals surface area contributed by atoms with Crippen LogP contribution in [0.3, 0.4) is 0 Å². The van der Waals surface area contributed by atoms with Gasteiger partial charge in [0, 0.05) is 45.3 Å². The Labute approximate surface area is 170 Å². The first-order chi connectivity index (χ1) is 13.6. The summed E-state index contributed by atoms with van der Waals surface area (Å²) in [5.41, 5.74) is 0. The predicted octanol–water partition coefficient (Wildman–Crippen LogP) is 0.266. The summed E-state index contributed by atoms with van der Waals surface area (Å²) in [5, 5.41) is 2.90.